The number of fused-ring (bicyclic) bond motifs is 4. The maximum Gasteiger partial charge on any atom is 0.238 e. The number of amidine groups is 1. The van der Waals surface area contributed by atoms with E-state index in [9.17, 15) is 4.79 Å². The number of hydrogen-bond donors (Lipinski definition) is 0. The van der Waals surface area contributed by atoms with Gasteiger partial charge in [0, 0.05) is 23.7 Å². The third-order valence-electron chi connectivity index (χ3n) is 4.20. The van der Waals surface area contributed by atoms with Crippen LogP contribution in [-0.4, -0.2) is 29.7 Å². The molecular formula is C14H13ClN2O. The molecule has 4 heteroatoms. The summed E-state index contributed by atoms with van der Waals surface area (Å²) in [6.07, 6.45) is 2.88. The molecule has 0 bridgehead atoms. The van der Waals surface area contributed by atoms with Gasteiger partial charge in [-0.25, -0.2) is 0 Å². The van der Waals surface area contributed by atoms with Crippen molar-refractivity contribution in [2.75, 3.05) is 13.1 Å². The second-order valence-corrected chi connectivity index (χ2v) is 5.72. The summed E-state index contributed by atoms with van der Waals surface area (Å²) in [6, 6.07) is 5.85. The number of carbonyl (C=O) groups excluding carboxylic acids is 1. The Kier molecular flexibility index (Phi) is 1.97. The molecule has 1 aromatic carbocycles. The molecule has 0 N–H and O–H groups in total. The van der Waals surface area contributed by atoms with Crippen LogP contribution in [-0.2, 0) is 10.2 Å². The summed E-state index contributed by atoms with van der Waals surface area (Å²) < 4.78 is 0. The van der Waals surface area contributed by atoms with E-state index in [2.05, 4.69) is 4.99 Å². The zero-order valence-corrected chi connectivity index (χ0v) is 10.7. The largest absolute Gasteiger partial charge is 0.296 e. The average Bonchev–Trinajstić information content (AvgIpc) is 3.18. The van der Waals surface area contributed by atoms with Crippen LogP contribution in [0.1, 0.15) is 30.4 Å². The fourth-order valence-corrected chi connectivity index (χ4v) is 3.31. The quantitative estimate of drug-likeness (QED) is 0.705. The molecular weight excluding hydrogens is 248 g/mol. The van der Waals surface area contributed by atoms with Crippen molar-refractivity contribution in [2.24, 2.45) is 4.99 Å². The van der Waals surface area contributed by atoms with E-state index in [1.54, 1.807) is 0 Å². The first-order valence-corrected chi connectivity index (χ1v) is 6.77. The van der Waals surface area contributed by atoms with Gasteiger partial charge in [-0.1, -0.05) is 17.7 Å². The number of benzene rings is 1. The van der Waals surface area contributed by atoms with Crippen LogP contribution in [0.25, 0.3) is 0 Å². The summed E-state index contributed by atoms with van der Waals surface area (Å²) in [6.45, 7) is 1.60. The normalized spacial score (nSPS) is 23.5. The van der Waals surface area contributed by atoms with Crippen LogP contribution in [0.2, 0.25) is 5.02 Å². The molecule has 1 spiro atoms. The highest BCUT2D eigenvalue weighted by Gasteiger charge is 2.57. The van der Waals surface area contributed by atoms with Crippen molar-refractivity contribution in [3.05, 3.63) is 34.3 Å². The third kappa shape index (κ3) is 1.20. The monoisotopic (exact) mass is 260 g/mol. The van der Waals surface area contributed by atoms with E-state index in [0.29, 0.717) is 5.02 Å². The van der Waals surface area contributed by atoms with Crippen LogP contribution >= 0.6 is 11.6 Å². The van der Waals surface area contributed by atoms with Gasteiger partial charge in [-0.2, -0.15) is 0 Å². The summed E-state index contributed by atoms with van der Waals surface area (Å²) in [5, 5.41) is 0.715. The van der Waals surface area contributed by atoms with Crippen molar-refractivity contribution in [3.8, 4) is 0 Å². The number of halogens is 1. The Morgan fingerprint density at radius 1 is 1.33 bits per heavy atom. The van der Waals surface area contributed by atoms with Crippen molar-refractivity contribution in [1.29, 1.82) is 0 Å². The SMILES string of the molecule is O=C1N2CCCN=C2c2cc(Cl)ccc2C12CC2. The molecule has 0 aromatic heterocycles. The smallest absolute Gasteiger partial charge is 0.238 e. The second-order valence-electron chi connectivity index (χ2n) is 5.29. The zero-order valence-electron chi connectivity index (χ0n) is 9.95. The number of amides is 1. The lowest BCUT2D eigenvalue weighted by Gasteiger charge is -2.37. The molecule has 1 fully saturated rings. The summed E-state index contributed by atoms with van der Waals surface area (Å²) in [4.78, 5) is 19.0. The predicted molar refractivity (Wildman–Crippen MR) is 70.1 cm³/mol. The molecule has 2 heterocycles. The molecule has 4 rings (SSSR count). The molecule has 0 atom stereocenters. The van der Waals surface area contributed by atoms with Gasteiger partial charge in [0.25, 0.3) is 0 Å². The molecule has 2 aliphatic heterocycles. The van der Waals surface area contributed by atoms with E-state index in [0.717, 1.165) is 49.3 Å². The van der Waals surface area contributed by atoms with Crippen LogP contribution in [0.15, 0.2) is 23.2 Å². The minimum Gasteiger partial charge on any atom is -0.296 e. The minimum atomic E-state index is -0.254. The Hall–Kier alpha value is -1.35. The Bertz CT molecular complexity index is 589. The highest BCUT2D eigenvalue weighted by molar-refractivity contribution is 6.31. The minimum absolute atomic E-state index is 0.246. The highest BCUT2D eigenvalue weighted by atomic mass is 35.5. The molecule has 0 radical (unpaired) electrons. The van der Waals surface area contributed by atoms with Gasteiger partial charge in [0.2, 0.25) is 5.91 Å². The van der Waals surface area contributed by atoms with E-state index < -0.39 is 0 Å². The van der Waals surface area contributed by atoms with E-state index in [1.165, 1.54) is 0 Å². The van der Waals surface area contributed by atoms with Crippen molar-refractivity contribution in [3.63, 3.8) is 0 Å². The van der Waals surface area contributed by atoms with Gasteiger partial charge >= 0.3 is 0 Å². The van der Waals surface area contributed by atoms with Crippen LogP contribution in [0.5, 0.6) is 0 Å². The maximum absolute atomic E-state index is 12.6. The maximum atomic E-state index is 12.6. The molecule has 3 nitrogen and oxygen atoms in total. The van der Waals surface area contributed by atoms with Gasteiger partial charge < -0.3 is 0 Å². The highest BCUT2D eigenvalue weighted by Crippen LogP contribution is 2.53. The number of carbonyl (C=O) groups is 1. The Morgan fingerprint density at radius 3 is 2.94 bits per heavy atom. The Labute approximate surface area is 110 Å². The number of hydrogen-bond acceptors (Lipinski definition) is 2. The molecule has 0 unspecified atom stereocenters. The first-order chi connectivity index (χ1) is 8.72. The molecule has 1 aliphatic carbocycles. The van der Waals surface area contributed by atoms with Gasteiger partial charge in [-0.3, -0.25) is 14.7 Å². The van der Waals surface area contributed by atoms with E-state index in [4.69, 9.17) is 11.6 Å². The van der Waals surface area contributed by atoms with Crippen LogP contribution in [0.3, 0.4) is 0 Å². The van der Waals surface area contributed by atoms with Crippen LogP contribution < -0.4 is 0 Å². The summed E-state index contributed by atoms with van der Waals surface area (Å²) in [5.41, 5.74) is 1.95. The van der Waals surface area contributed by atoms with Crippen LogP contribution in [0.4, 0.5) is 0 Å². The summed E-state index contributed by atoms with van der Waals surface area (Å²) in [7, 11) is 0. The van der Waals surface area contributed by atoms with E-state index in [-0.39, 0.29) is 11.3 Å². The molecule has 0 saturated heterocycles. The molecule has 18 heavy (non-hydrogen) atoms. The van der Waals surface area contributed by atoms with Crippen molar-refractivity contribution in [1.82, 2.24) is 4.90 Å². The first kappa shape index (κ1) is 10.6. The van der Waals surface area contributed by atoms with E-state index >= 15 is 0 Å². The van der Waals surface area contributed by atoms with Crippen molar-refractivity contribution >= 4 is 23.3 Å². The lowest BCUT2D eigenvalue weighted by molar-refractivity contribution is -0.130. The second kappa shape index (κ2) is 3.35. The standard InChI is InChI=1S/C14H13ClN2O/c15-9-2-3-11-10(8-9)12-16-6-1-7-17(12)13(18)14(11)4-5-14/h2-3,8H,1,4-7H2. The third-order valence-corrected chi connectivity index (χ3v) is 4.43. The molecule has 1 saturated carbocycles. The molecule has 1 aromatic rings. The predicted octanol–water partition coefficient (Wildman–Crippen LogP) is 2.36. The summed E-state index contributed by atoms with van der Waals surface area (Å²) in [5.74, 6) is 1.08. The molecule has 3 aliphatic rings. The van der Waals surface area contributed by atoms with Crippen molar-refractivity contribution < 1.29 is 4.79 Å². The van der Waals surface area contributed by atoms with Gasteiger partial charge in [0.15, 0.2) is 0 Å². The summed E-state index contributed by atoms with van der Waals surface area (Å²) >= 11 is 6.10. The fraction of sp³-hybridized carbons (Fsp3) is 0.429. The van der Waals surface area contributed by atoms with Crippen LogP contribution in [0, 0.1) is 0 Å². The van der Waals surface area contributed by atoms with Gasteiger partial charge in [0.1, 0.15) is 5.84 Å². The first-order valence-electron chi connectivity index (χ1n) is 6.39. The van der Waals surface area contributed by atoms with Crippen molar-refractivity contribution in [2.45, 2.75) is 24.7 Å². The Balaban J connectivity index is 2.00. The lowest BCUT2D eigenvalue weighted by Crippen LogP contribution is -2.50. The number of rotatable bonds is 0. The zero-order chi connectivity index (χ0) is 12.3. The topological polar surface area (TPSA) is 32.7 Å². The molecule has 92 valence electrons. The number of aliphatic imine (C=N–C) groups is 1. The van der Waals surface area contributed by atoms with E-state index in [1.807, 2.05) is 23.1 Å². The fourth-order valence-electron chi connectivity index (χ4n) is 3.13. The lowest BCUT2D eigenvalue weighted by atomic mass is 9.85. The van der Waals surface area contributed by atoms with Gasteiger partial charge in [-0.05, 0) is 37.0 Å². The molecule has 1 amide bonds. The van der Waals surface area contributed by atoms with Gasteiger partial charge in [-0.15, -0.1) is 0 Å². The Morgan fingerprint density at radius 2 is 2.17 bits per heavy atom. The average molecular weight is 261 g/mol. The van der Waals surface area contributed by atoms with Gasteiger partial charge in [0.05, 0.1) is 5.41 Å². The number of nitrogens with zero attached hydrogens (tertiary/aromatic N) is 2.